The molecule has 0 radical (unpaired) electrons. The van der Waals surface area contributed by atoms with Crippen LogP contribution in [-0.2, 0) is 14.3 Å². The number of hydrogen-bond donors (Lipinski definition) is 0. The topological polar surface area (TPSA) is 55.8 Å². The summed E-state index contributed by atoms with van der Waals surface area (Å²) >= 11 is 6.25. The second kappa shape index (κ2) is 6.74. The van der Waals surface area contributed by atoms with Gasteiger partial charge in [0.2, 0.25) is 5.91 Å². The van der Waals surface area contributed by atoms with E-state index in [4.69, 9.17) is 21.1 Å². The second-order valence-electron chi connectivity index (χ2n) is 6.60. The van der Waals surface area contributed by atoms with Crippen LogP contribution in [0.2, 0.25) is 5.02 Å². The molecule has 1 amide bonds. The lowest BCUT2D eigenvalue weighted by atomic mass is 9.83. The van der Waals surface area contributed by atoms with Gasteiger partial charge in [0.25, 0.3) is 0 Å². The number of carbonyl (C=O) groups is 2. The van der Waals surface area contributed by atoms with Crippen molar-refractivity contribution in [2.45, 2.75) is 19.3 Å². The summed E-state index contributed by atoms with van der Waals surface area (Å²) in [6, 6.07) is 12.9. The van der Waals surface area contributed by atoms with Gasteiger partial charge in [-0.25, -0.2) is 4.79 Å². The second-order valence-corrected chi connectivity index (χ2v) is 7.00. The molecule has 1 unspecified atom stereocenters. The summed E-state index contributed by atoms with van der Waals surface area (Å²) in [5.41, 5.74) is 3.45. The van der Waals surface area contributed by atoms with Crippen molar-refractivity contribution in [1.82, 2.24) is 0 Å². The molecule has 2 heterocycles. The Balaban J connectivity index is 1.85. The van der Waals surface area contributed by atoms with Gasteiger partial charge in [-0.1, -0.05) is 35.9 Å². The predicted molar refractivity (Wildman–Crippen MR) is 102 cm³/mol. The number of cyclic esters (lactones) is 1. The monoisotopic (exact) mass is 383 g/mol. The molecule has 1 atom stereocenters. The third kappa shape index (κ3) is 2.88. The fourth-order valence-corrected chi connectivity index (χ4v) is 3.87. The Hall–Kier alpha value is -2.79. The van der Waals surface area contributed by atoms with E-state index in [1.54, 1.807) is 18.1 Å². The maximum Gasteiger partial charge on any atom is 0.336 e. The van der Waals surface area contributed by atoms with E-state index in [0.29, 0.717) is 27.7 Å². The van der Waals surface area contributed by atoms with Crippen molar-refractivity contribution < 1.29 is 19.1 Å². The Kier molecular flexibility index (Phi) is 4.40. The molecule has 0 saturated heterocycles. The zero-order valence-electron chi connectivity index (χ0n) is 15.0. The van der Waals surface area contributed by atoms with Crippen LogP contribution in [0.1, 0.15) is 23.5 Å². The number of nitrogens with zero attached hydrogens (tertiary/aromatic N) is 1. The summed E-state index contributed by atoms with van der Waals surface area (Å²) < 4.78 is 10.7. The van der Waals surface area contributed by atoms with E-state index in [2.05, 4.69) is 0 Å². The molecule has 0 aliphatic carbocycles. The third-order valence-electron chi connectivity index (χ3n) is 5.05. The summed E-state index contributed by atoms with van der Waals surface area (Å²) in [6.45, 7) is 1.96. The smallest absolute Gasteiger partial charge is 0.336 e. The summed E-state index contributed by atoms with van der Waals surface area (Å²) in [6.07, 6.45) is 0.153. The number of rotatable bonds is 3. The summed E-state index contributed by atoms with van der Waals surface area (Å²) in [7, 11) is 1.58. The molecule has 2 aromatic rings. The van der Waals surface area contributed by atoms with Crippen LogP contribution >= 0.6 is 11.6 Å². The van der Waals surface area contributed by atoms with Crippen molar-refractivity contribution >= 4 is 29.2 Å². The molecule has 0 spiro atoms. The van der Waals surface area contributed by atoms with Crippen LogP contribution in [0, 0.1) is 6.92 Å². The van der Waals surface area contributed by atoms with Gasteiger partial charge in [-0.3, -0.25) is 9.69 Å². The fraction of sp³-hybridized carbons (Fsp3) is 0.238. The molecule has 4 rings (SSSR count). The fourth-order valence-electron chi connectivity index (χ4n) is 3.69. The lowest BCUT2D eigenvalue weighted by molar-refractivity contribution is -0.136. The first-order valence-corrected chi connectivity index (χ1v) is 9.01. The van der Waals surface area contributed by atoms with Crippen molar-refractivity contribution in [3.8, 4) is 5.75 Å². The van der Waals surface area contributed by atoms with Gasteiger partial charge in [-0.2, -0.15) is 0 Å². The number of anilines is 1. The Bertz CT molecular complexity index is 982. The van der Waals surface area contributed by atoms with Crippen molar-refractivity contribution in [2.75, 3.05) is 18.6 Å². The minimum atomic E-state index is -0.393. The van der Waals surface area contributed by atoms with E-state index in [9.17, 15) is 9.59 Å². The van der Waals surface area contributed by atoms with E-state index in [1.165, 1.54) is 0 Å². The van der Waals surface area contributed by atoms with Crippen LogP contribution in [0.3, 0.4) is 0 Å². The molecular formula is C21H18ClNO4. The number of benzene rings is 2. The summed E-state index contributed by atoms with van der Waals surface area (Å²) in [5, 5.41) is 0.569. The highest BCUT2D eigenvalue weighted by Gasteiger charge is 2.43. The highest BCUT2D eigenvalue weighted by Crippen LogP contribution is 2.44. The standard InChI is InChI=1S/C21H18ClNO4/c1-12-7-8-13(9-16(12)22)23-17-11-27-21(25)20(17)15(10-19(23)24)14-5-3-4-6-18(14)26-2/h3-9,15H,10-11H2,1-2H3. The maximum absolute atomic E-state index is 13.1. The molecule has 0 saturated carbocycles. The Morgan fingerprint density at radius 1 is 1.19 bits per heavy atom. The van der Waals surface area contributed by atoms with E-state index >= 15 is 0 Å². The number of aryl methyl sites for hydroxylation is 1. The van der Waals surface area contributed by atoms with Crippen molar-refractivity contribution in [3.05, 3.63) is 69.9 Å². The molecule has 5 nitrogen and oxygen atoms in total. The number of amides is 1. The van der Waals surface area contributed by atoms with Gasteiger partial charge in [0.1, 0.15) is 12.4 Å². The lowest BCUT2D eigenvalue weighted by Crippen LogP contribution is -2.37. The van der Waals surface area contributed by atoms with E-state index in [1.807, 2.05) is 43.3 Å². The number of ether oxygens (including phenoxy) is 2. The molecule has 0 N–H and O–H groups in total. The van der Waals surface area contributed by atoms with Crippen LogP contribution in [0.4, 0.5) is 5.69 Å². The minimum absolute atomic E-state index is 0.0665. The van der Waals surface area contributed by atoms with Gasteiger partial charge in [0.05, 0.1) is 24.1 Å². The van der Waals surface area contributed by atoms with Gasteiger partial charge < -0.3 is 9.47 Å². The molecule has 27 heavy (non-hydrogen) atoms. The van der Waals surface area contributed by atoms with Gasteiger partial charge in [-0.15, -0.1) is 0 Å². The van der Waals surface area contributed by atoms with Crippen LogP contribution in [-0.4, -0.2) is 25.6 Å². The molecule has 0 bridgehead atoms. The zero-order chi connectivity index (χ0) is 19.1. The van der Waals surface area contributed by atoms with Crippen molar-refractivity contribution in [1.29, 1.82) is 0 Å². The molecule has 0 aromatic heterocycles. The van der Waals surface area contributed by atoms with Crippen LogP contribution in [0.25, 0.3) is 0 Å². The van der Waals surface area contributed by atoms with E-state index < -0.39 is 11.9 Å². The Morgan fingerprint density at radius 3 is 2.70 bits per heavy atom. The van der Waals surface area contributed by atoms with Gasteiger partial charge in [-0.05, 0) is 30.7 Å². The first-order chi connectivity index (χ1) is 13.0. The highest BCUT2D eigenvalue weighted by molar-refractivity contribution is 6.31. The van der Waals surface area contributed by atoms with E-state index in [-0.39, 0.29) is 18.9 Å². The third-order valence-corrected chi connectivity index (χ3v) is 5.45. The first-order valence-electron chi connectivity index (χ1n) is 8.63. The van der Waals surface area contributed by atoms with Crippen molar-refractivity contribution in [2.24, 2.45) is 0 Å². The van der Waals surface area contributed by atoms with Gasteiger partial charge >= 0.3 is 5.97 Å². The molecule has 138 valence electrons. The largest absolute Gasteiger partial charge is 0.496 e. The Labute approximate surface area is 162 Å². The normalized spacial score (nSPS) is 19.2. The van der Waals surface area contributed by atoms with Gasteiger partial charge in [0.15, 0.2) is 0 Å². The minimum Gasteiger partial charge on any atom is -0.496 e. The predicted octanol–water partition coefficient (Wildman–Crippen LogP) is 3.99. The average molecular weight is 384 g/mol. The quantitative estimate of drug-likeness (QED) is 0.752. The number of carbonyl (C=O) groups excluding carboxylic acids is 2. The zero-order valence-corrected chi connectivity index (χ0v) is 15.7. The molecule has 2 aliphatic heterocycles. The number of esters is 1. The van der Waals surface area contributed by atoms with Crippen molar-refractivity contribution in [3.63, 3.8) is 0 Å². The average Bonchev–Trinajstić information content (AvgIpc) is 3.05. The molecule has 0 fully saturated rings. The molecule has 2 aromatic carbocycles. The molecule has 2 aliphatic rings. The molecule has 6 heteroatoms. The van der Waals surface area contributed by atoms with Crippen LogP contribution in [0.5, 0.6) is 5.75 Å². The lowest BCUT2D eigenvalue weighted by Gasteiger charge is -2.32. The van der Waals surface area contributed by atoms with Gasteiger partial charge in [0, 0.05) is 22.9 Å². The summed E-state index contributed by atoms with van der Waals surface area (Å²) in [4.78, 5) is 27.1. The van der Waals surface area contributed by atoms with Crippen LogP contribution in [0.15, 0.2) is 53.7 Å². The maximum atomic E-state index is 13.1. The molecular weight excluding hydrogens is 366 g/mol. The number of para-hydroxylation sites is 1. The first kappa shape index (κ1) is 17.6. The summed E-state index contributed by atoms with van der Waals surface area (Å²) in [5.74, 6) is -0.246. The SMILES string of the molecule is COc1ccccc1C1CC(=O)N(c2ccc(C)c(Cl)c2)C2=C1C(=O)OC2. The van der Waals surface area contributed by atoms with E-state index in [0.717, 1.165) is 11.1 Å². The number of methoxy groups -OCH3 is 1. The number of halogens is 1. The highest BCUT2D eigenvalue weighted by atomic mass is 35.5. The Morgan fingerprint density at radius 2 is 1.96 bits per heavy atom. The number of hydrogen-bond acceptors (Lipinski definition) is 4. The van der Waals surface area contributed by atoms with Crippen LogP contribution < -0.4 is 9.64 Å².